The number of halogens is 1. The van der Waals surface area contributed by atoms with E-state index in [4.69, 9.17) is 0 Å². The van der Waals surface area contributed by atoms with Gasteiger partial charge in [0.1, 0.15) is 16.2 Å². The van der Waals surface area contributed by atoms with E-state index in [1.165, 1.54) is 12.8 Å². The molecule has 0 aliphatic heterocycles. The van der Waals surface area contributed by atoms with Gasteiger partial charge in [-0.2, -0.15) is 0 Å². The van der Waals surface area contributed by atoms with Crippen LogP contribution in [0.2, 0.25) is 0 Å². The molecule has 2 rings (SSSR count). The predicted octanol–water partition coefficient (Wildman–Crippen LogP) is 2.96. The van der Waals surface area contributed by atoms with Gasteiger partial charge in [0, 0.05) is 25.1 Å². The van der Waals surface area contributed by atoms with Gasteiger partial charge in [0.15, 0.2) is 0 Å². The highest BCUT2D eigenvalue weighted by Crippen LogP contribution is 2.30. The zero-order chi connectivity index (χ0) is 11.0. The van der Waals surface area contributed by atoms with E-state index in [2.05, 4.69) is 51.7 Å². The smallest absolute Gasteiger partial charge is 0.134 e. The molecule has 4 heteroatoms. The summed E-state index contributed by atoms with van der Waals surface area (Å²) in [4.78, 5) is 11.2. The molecule has 1 fully saturated rings. The molecule has 0 N–H and O–H groups in total. The molecule has 1 saturated carbocycles. The third-order valence-electron chi connectivity index (χ3n) is 2.67. The molecule has 0 aromatic carbocycles. The van der Waals surface area contributed by atoms with Gasteiger partial charge in [-0.3, -0.25) is 0 Å². The van der Waals surface area contributed by atoms with Crippen molar-refractivity contribution in [2.45, 2.75) is 38.6 Å². The molecule has 3 nitrogen and oxygen atoms in total. The molecule has 82 valence electrons. The van der Waals surface area contributed by atoms with Crippen LogP contribution >= 0.6 is 15.9 Å². The lowest BCUT2D eigenvalue weighted by molar-refractivity contribution is 0.757. The van der Waals surface area contributed by atoms with E-state index in [9.17, 15) is 0 Å². The highest BCUT2D eigenvalue weighted by molar-refractivity contribution is 9.10. The molecule has 1 aromatic rings. The van der Waals surface area contributed by atoms with E-state index in [0.717, 1.165) is 16.2 Å². The van der Waals surface area contributed by atoms with Gasteiger partial charge >= 0.3 is 0 Å². The minimum absolute atomic E-state index is 0.369. The van der Waals surface area contributed by atoms with E-state index >= 15 is 0 Å². The topological polar surface area (TPSA) is 29.0 Å². The largest absolute Gasteiger partial charge is 0.357 e. The summed E-state index contributed by atoms with van der Waals surface area (Å²) in [6.07, 6.45) is 2.57. The Hall–Kier alpha value is -0.640. The normalized spacial score (nSPS) is 15.8. The first kappa shape index (κ1) is 10.9. The first-order valence-corrected chi connectivity index (χ1v) is 6.14. The van der Waals surface area contributed by atoms with Crippen molar-refractivity contribution in [1.82, 2.24) is 9.97 Å². The highest BCUT2D eigenvalue weighted by atomic mass is 79.9. The van der Waals surface area contributed by atoms with Crippen LogP contribution in [-0.2, 0) is 0 Å². The Balaban J connectivity index is 2.29. The molecule has 0 radical (unpaired) electrons. The van der Waals surface area contributed by atoms with E-state index in [0.29, 0.717) is 12.0 Å². The zero-order valence-electron chi connectivity index (χ0n) is 9.37. The second-order valence-electron chi connectivity index (χ2n) is 4.40. The second kappa shape index (κ2) is 4.08. The maximum absolute atomic E-state index is 4.58. The van der Waals surface area contributed by atoms with Crippen molar-refractivity contribution in [3.8, 4) is 0 Å². The Morgan fingerprint density at radius 3 is 2.60 bits per heavy atom. The Labute approximate surface area is 99.0 Å². The molecule has 0 atom stereocenters. The summed E-state index contributed by atoms with van der Waals surface area (Å²) in [6, 6.07) is 2.68. The van der Waals surface area contributed by atoms with Crippen LogP contribution in [0.5, 0.6) is 0 Å². The van der Waals surface area contributed by atoms with Gasteiger partial charge in [-0.25, -0.2) is 9.97 Å². The van der Waals surface area contributed by atoms with Crippen LogP contribution in [0, 0.1) is 0 Å². The van der Waals surface area contributed by atoms with Crippen LogP contribution in [0.15, 0.2) is 10.7 Å². The van der Waals surface area contributed by atoms with Crippen LogP contribution in [0.4, 0.5) is 5.82 Å². The summed E-state index contributed by atoms with van der Waals surface area (Å²) in [7, 11) is 2.11. The van der Waals surface area contributed by atoms with E-state index in [1.54, 1.807) is 0 Å². The van der Waals surface area contributed by atoms with Gasteiger partial charge in [-0.1, -0.05) is 13.8 Å². The molecule has 0 saturated heterocycles. The molecule has 0 unspecified atom stereocenters. The van der Waals surface area contributed by atoms with Crippen molar-refractivity contribution in [1.29, 1.82) is 0 Å². The fourth-order valence-corrected chi connectivity index (χ4v) is 1.90. The summed E-state index contributed by atoms with van der Waals surface area (Å²) in [5, 5.41) is 0. The molecule has 0 bridgehead atoms. The first-order valence-electron chi connectivity index (χ1n) is 5.35. The van der Waals surface area contributed by atoms with Crippen LogP contribution in [0.25, 0.3) is 0 Å². The lowest BCUT2D eigenvalue weighted by Gasteiger charge is -2.18. The number of anilines is 1. The zero-order valence-corrected chi connectivity index (χ0v) is 11.0. The number of aromatic nitrogens is 2. The standard InChI is InChI=1S/C11H16BrN3/c1-7(2)11-13-9(12)6-10(14-11)15(3)8-4-5-8/h6-8H,4-5H2,1-3H3. The third kappa shape index (κ3) is 2.48. The summed E-state index contributed by atoms with van der Waals surface area (Å²) in [5.74, 6) is 2.31. The van der Waals surface area contributed by atoms with Crippen molar-refractivity contribution in [3.63, 3.8) is 0 Å². The molecular weight excluding hydrogens is 254 g/mol. The average molecular weight is 270 g/mol. The van der Waals surface area contributed by atoms with Crippen molar-refractivity contribution < 1.29 is 0 Å². The number of hydrogen-bond acceptors (Lipinski definition) is 3. The average Bonchev–Trinajstić information content (AvgIpc) is 2.98. The molecular formula is C11H16BrN3. The molecule has 1 heterocycles. The van der Waals surface area contributed by atoms with E-state index < -0.39 is 0 Å². The van der Waals surface area contributed by atoms with Crippen molar-refractivity contribution in [3.05, 3.63) is 16.5 Å². The minimum Gasteiger partial charge on any atom is -0.357 e. The van der Waals surface area contributed by atoms with Gasteiger partial charge < -0.3 is 4.90 Å². The van der Waals surface area contributed by atoms with Gasteiger partial charge in [0.25, 0.3) is 0 Å². The van der Waals surface area contributed by atoms with Crippen molar-refractivity contribution >= 4 is 21.7 Å². The number of hydrogen-bond donors (Lipinski definition) is 0. The lowest BCUT2D eigenvalue weighted by atomic mass is 10.2. The van der Waals surface area contributed by atoms with E-state index in [1.807, 2.05) is 6.07 Å². The highest BCUT2D eigenvalue weighted by Gasteiger charge is 2.27. The van der Waals surface area contributed by atoms with Gasteiger partial charge in [-0.05, 0) is 28.8 Å². The summed E-state index contributed by atoms with van der Waals surface area (Å²) in [5.41, 5.74) is 0. The Morgan fingerprint density at radius 2 is 2.07 bits per heavy atom. The minimum atomic E-state index is 0.369. The summed E-state index contributed by atoms with van der Waals surface area (Å²) in [6.45, 7) is 4.23. The van der Waals surface area contributed by atoms with Crippen LogP contribution in [-0.4, -0.2) is 23.1 Å². The van der Waals surface area contributed by atoms with E-state index in [-0.39, 0.29) is 0 Å². The quantitative estimate of drug-likeness (QED) is 0.791. The van der Waals surface area contributed by atoms with Crippen molar-refractivity contribution in [2.75, 3.05) is 11.9 Å². The van der Waals surface area contributed by atoms with Gasteiger partial charge in [0.2, 0.25) is 0 Å². The molecule has 1 aliphatic rings. The predicted molar refractivity (Wildman–Crippen MR) is 65.2 cm³/mol. The molecule has 0 amide bonds. The Morgan fingerprint density at radius 1 is 1.40 bits per heavy atom. The second-order valence-corrected chi connectivity index (χ2v) is 5.22. The van der Waals surface area contributed by atoms with Gasteiger partial charge in [0.05, 0.1) is 0 Å². The maximum atomic E-state index is 4.58. The SMILES string of the molecule is CC(C)c1nc(Br)cc(N(C)C2CC2)n1. The Bertz CT molecular complexity index is 361. The maximum Gasteiger partial charge on any atom is 0.134 e. The van der Waals surface area contributed by atoms with Gasteiger partial charge in [-0.15, -0.1) is 0 Å². The first-order chi connectivity index (χ1) is 7.08. The Kier molecular flexibility index (Phi) is 2.96. The molecule has 0 spiro atoms. The molecule has 15 heavy (non-hydrogen) atoms. The lowest BCUT2D eigenvalue weighted by Crippen LogP contribution is -2.21. The van der Waals surface area contributed by atoms with Crippen LogP contribution < -0.4 is 4.90 Å². The molecule has 1 aliphatic carbocycles. The number of nitrogens with zero attached hydrogens (tertiary/aromatic N) is 3. The van der Waals surface area contributed by atoms with Crippen LogP contribution in [0.3, 0.4) is 0 Å². The van der Waals surface area contributed by atoms with Crippen LogP contribution in [0.1, 0.15) is 38.4 Å². The summed E-state index contributed by atoms with van der Waals surface area (Å²) < 4.78 is 0.878. The third-order valence-corrected chi connectivity index (χ3v) is 3.08. The monoisotopic (exact) mass is 269 g/mol. The van der Waals surface area contributed by atoms with Crippen molar-refractivity contribution in [2.24, 2.45) is 0 Å². The molecule has 1 aromatic heterocycles. The number of rotatable bonds is 3. The summed E-state index contributed by atoms with van der Waals surface area (Å²) >= 11 is 3.44. The fraction of sp³-hybridized carbons (Fsp3) is 0.636. The fourth-order valence-electron chi connectivity index (χ4n) is 1.51.